The van der Waals surface area contributed by atoms with Crippen LogP contribution in [-0.2, 0) is 19.6 Å². The number of aryl methyl sites for hydroxylation is 2. The van der Waals surface area contributed by atoms with Gasteiger partial charge in [-0.15, -0.1) is 0 Å². The molecule has 134 valence electrons. The number of benzene rings is 1. The molecule has 0 radical (unpaired) electrons. The number of carbonyl (C=O) groups excluding carboxylic acids is 1. The maximum atomic E-state index is 12.4. The Morgan fingerprint density at radius 3 is 2.71 bits per heavy atom. The van der Waals surface area contributed by atoms with Gasteiger partial charge in [0.1, 0.15) is 0 Å². The Labute approximate surface area is 144 Å². The molecule has 1 saturated heterocycles. The summed E-state index contributed by atoms with van der Waals surface area (Å²) < 4.78 is 33.0. The number of amides is 1. The summed E-state index contributed by atoms with van der Waals surface area (Å²) in [6, 6.07) is 5.23. The van der Waals surface area contributed by atoms with Crippen molar-refractivity contribution in [3.05, 3.63) is 29.3 Å². The van der Waals surface area contributed by atoms with Gasteiger partial charge in [-0.2, -0.15) is 0 Å². The highest BCUT2D eigenvalue weighted by Gasteiger charge is 2.22. The second-order valence-corrected chi connectivity index (χ2v) is 8.00. The fraction of sp³-hybridized carbons (Fsp3) is 0.588. The highest BCUT2D eigenvalue weighted by atomic mass is 32.2. The number of carbonyl (C=O) groups is 1. The van der Waals surface area contributed by atoms with Crippen molar-refractivity contribution in [2.75, 3.05) is 26.2 Å². The normalized spacial score (nSPS) is 17.9. The number of nitrogens with zero attached hydrogens (tertiary/aromatic N) is 1. The van der Waals surface area contributed by atoms with Crippen LogP contribution in [0.15, 0.2) is 23.1 Å². The fourth-order valence-electron chi connectivity index (χ4n) is 2.90. The van der Waals surface area contributed by atoms with Crippen molar-refractivity contribution in [1.82, 2.24) is 9.62 Å². The minimum atomic E-state index is -3.58. The molecule has 1 aliphatic rings. The largest absolute Gasteiger partial charge is 0.376 e. The van der Waals surface area contributed by atoms with E-state index in [0.717, 1.165) is 25.0 Å². The first-order valence-corrected chi connectivity index (χ1v) is 9.72. The Morgan fingerprint density at radius 2 is 2.12 bits per heavy atom. The molecule has 1 aromatic carbocycles. The van der Waals surface area contributed by atoms with E-state index in [1.165, 1.54) is 6.92 Å². The third-order valence-corrected chi connectivity index (χ3v) is 5.81. The Kier molecular flexibility index (Phi) is 6.37. The highest BCUT2D eigenvalue weighted by Crippen LogP contribution is 2.16. The summed E-state index contributed by atoms with van der Waals surface area (Å²) in [4.78, 5) is 13.7. The summed E-state index contributed by atoms with van der Waals surface area (Å²) >= 11 is 0. The van der Waals surface area contributed by atoms with Crippen LogP contribution in [0.1, 0.15) is 30.9 Å². The number of nitrogens with one attached hydrogen (secondary N) is 1. The molecule has 6 nitrogen and oxygen atoms in total. The van der Waals surface area contributed by atoms with E-state index in [1.54, 1.807) is 24.0 Å². The van der Waals surface area contributed by atoms with Gasteiger partial charge in [-0.25, -0.2) is 13.1 Å². The van der Waals surface area contributed by atoms with Crippen LogP contribution < -0.4 is 4.72 Å². The molecule has 1 unspecified atom stereocenters. The smallest absolute Gasteiger partial charge is 0.240 e. The predicted octanol–water partition coefficient (Wildman–Crippen LogP) is 1.61. The van der Waals surface area contributed by atoms with Gasteiger partial charge in [-0.3, -0.25) is 4.79 Å². The summed E-state index contributed by atoms with van der Waals surface area (Å²) in [6.07, 6.45) is 2.01. The van der Waals surface area contributed by atoms with Gasteiger partial charge < -0.3 is 9.64 Å². The lowest BCUT2D eigenvalue weighted by atomic mass is 10.2. The number of sulfonamides is 1. The molecule has 0 aliphatic carbocycles. The van der Waals surface area contributed by atoms with Gasteiger partial charge in [-0.1, -0.05) is 17.7 Å². The van der Waals surface area contributed by atoms with E-state index >= 15 is 0 Å². The molecule has 7 heteroatoms. The van der Waals surface area contributed by atoms with Crippen LogP contribution in [0, 0.1) is 13.8 Å². The lowest BCUT2D eigenvalue weighted by Gasteiger charge is -2.24. The van der Waals surface area contributed by atoms with Crippen LogP contribution in [0.2, 0.25) is 0 Å². The Balaban J connectivity index is 1.93. The van der Waals surface area contributed by atoms with Gasteiger partial charge in [0.25, 0.3) is 0 Å². The van der Waals surface area contributed by atoms with Crippen molar-refractivity contribution in [2.45, 2.75) is 44.6 Å². The molecule has 1 fully saturated rings. The second-order valence-electron chi connectivity index (χ2n) is 6.27. The van der Waals surface area contributed by atoms with Crippen molar-refractivity contribution in [1.29, 1.82) is 0 Å². The quantitative estimate of drug-likeness (QED) is 0.807. The molecule has 1 N–H and O–H groups in total. The molecule has 0 aromatic heterocycles. The monoisotopic (exact) mass is 354 g/mol. The zero-order chi connectivity index (χ0) is 17.7. The zero-order valence-corrected chi connectivity index (χ0v) is 15.4. The van der Waals surface area contributed by atoms with E-state index in [2.05, 4.69) is 4.72 Å². The number of hydrogen-bond donors (Lipinski definition) is 1. The van der Waals surface area contributed by atoms with Crippen molar-refractivity contribution in [2.24, 2.45) is 0 Å². The minimum Gasteiger partial charge on any atom is -0.376 e. The first kappa shape index (κ1) is 18.9. The molecule has 24 heavy (non-hydrogen) atoms. The van der Waals surface area contributed by atoms with Crippen LogP contribution in [0.3, 0.4) is 0 Å². The maximum absolute atomic E-state index is 12.4. The van der Waals surface area contributed by atoms with E-state index in [4.69, 9.17) is 4.74 Å². The second kappa shape index (κ2) is 8.09. The van der Waals surface area contributed by atoms with E-state index < -0.39 is 10.0 Å². The molecule has 1 heterocycles. The van der Waals surface area contributed by atoms with Crippen molar-refractivity contribution >= 4 is 15.9 Å². The average Bonchev–Trinajstić information content (AvgIpc) is 2.98. The van der Waals surface area contributed by atoms with Crippen molar-refractivity contribution < 1.29 is 17.9 Å². The maximum Gasteiger partial charge on any atom is 0.240 e. The summed E-state index contributed by atoms with van der Waals surface area (Å²) in [6.45, 7) is 6.96. The van der Waals surface area contributed by atoms with Gasteiger partial charge >= 0.3 is 0 Å². The van der Waals surface area contributed by atoms with Gasteiger partial charge in [0, 0.05) is 33.2 Å². The summed E-state index contributed by atoms with van der Waals surface area (Å²) in [7, 11) is -3.58. The fourth-order valence-corrected chi connectivity index (χ4v) is 4.15. The van der Waals surface area contributed by atoms with Crippen LogP contribution in [0.4, 0.5) is 0 Å². The van der Waals surface area contributed by atoms with Crippen LogP contribution in [0.5, 0.6) is 0 Å². The molecule has 1 atom stereocenters. The van der Waals surface area contributed by atoms with Gasteiger partial charge in [-0.05, 0) is 38.3 Å². The number of rotatable bonds is 7. The zero-order valence-electron chi connectivity index (χ0n) is 14.5. The van der Waals surface area contributed by atoms with E-state index in [-0.39, 0.29) is 23.5 Å². The van der Waals surface area contributed by atoms with Gasteiger partial charge in [0.2, 0.25) is 15.9 Å². The Bertz CT molecular complexity index is 682. The van der Waals surface area contributed by atoms with Gasteiger partial charge in [0.15, 0.2) is 0 Å². The van der Waals surface area contributed by atoms with Gasteiger partial charge in [0.05, 0.1) is 11.0 Å². The highest BCUT2D eigenvalue weighted by molar-refractivity contribution is 7.89. The van der Waals surface area contributed by atoms with Crippen LogP contribution >= 0.6 is 0 Å². The summed E-state index contributed by atoms with van der Waals surface area (Å²) in [5, 5.41) is 0. The van der Waals surface area contributed by atoms with Crippen molar-refractivity contribution in [3.8, 4) is 0 Å². The third kappa shape index (κ3) is 5.03. The number of hydrogen-bond acceptors (Lipinski definition) is 4. The standard InChI is InChI=1S/C17H26N2O4S/c1-13-6-7-17(14(2)11-13)24(21,22)18-8-9-19(15(3)20)12-16-5-4-10-23-16/h6-7,11,16,18H,4-5,8-10,12H2,1-3H3. The summed E-state index contributed by atoms with van der Waals surface area (Å²) in [5.74, 6) is -0.0729. The van der Waals surface area contributed by atoms with Crippen molar-refractivity contribution in [3.63, 3.8) is 0 Å². The SMILES string of the molecule is CC(=O)N(CCNS(=O)(=O)c1ccc(C)cc1C)CC1CCCO1. The molecule has 2 rings (SSSR count). The molecular formula is C17H26N2O4S. The van der Waals surface area contributed by atoms with E-state index in [1.807, 2.05) is 13.0 Å². The van der Waals surface area contributed by atoms with Crippen LogP contribution in [0.25, 0.3) is 0 Å². The molecule has 0 spiro atoms. The van der Waals surface area contributed by atoms with E-state index in [0.29, 0.717) is 18.7 Å². The van der Waals surface area contributed by atoms with E-state index in [9.17, 15) is 13.2 Å². The predicted molar refractivity (Wildman–Crippen MR) is 92.3 cm³/mol. The topological polar surface area (TPSA) is 75.7 Å². The molecular weight excluding hydrogens is 328 g/mol. The molecule has 1 aliphatic heterocycles. The first-order chi connectivity index (χ1) is 11.3. The molecule has 1 aromatic rings. The number of ether oxygens (including phenoxy) is 1. The Hall–Kier alpha value is -1.44. The molecule has 1 amide bonds. The molecule has 0 saturated carbocycles. The lowest BCUT2D eigenvalue weighted by molar-refractivity contribution is -0.130. The average molecular weight is 354 g/mol. The third-order valence-electron chi connectivity index (χ3n) is 4.19. The van der Waals surface area contributed by atoms with Crippen LogP contribution in [-0.4, -0.2) is 51.6 Å². The lowest BCUT2D eigenvalue weighted by Crippen LogP contribution is -2.41. The Morgan fingerprint density at radius 1 is 1.38 bits per heavy atom. The summed E-state index contributed by atoms with van der Waals surface area (Å²) in [5.41, 5.74) is 1.73. The molecule has 0 bridgehead atoms. The minimum absolute atomic E-state index is 0.0600. The first-order valence-electron chi connectivity index (χ1n) is 8.23.